The monoisotopic (exact) mass is 393 g/mol. The molecule has 0 saturated carbocycles. The fourth-order valence-corrected chi connectivity index (χ4v) is 4.65. The van der Waals surface area contributed by atoms with E-state index in [2.05, 4.69) is 31.2 Å². The molecule has 148 valence electrons. The Kier molecular flexibility index (Phi) is 4.83. The number of nitrogens with one attached hydrogen (secondary N) is 1. The van der Waals surface area contributed by atoms with Crippen LogP contribution in [0.1, 0.15) is 50.9 Å². The highest BCUT2D eigenvalue weighted by atomic mass is 32.2. The van der Waals surface area contributed by atoms with Crippen molar-refractivity contribution in [3.8, 4) is 0 Å². The van der Waals surface area contributed by atoms with Crippen LogP contribution in [0, 0.1) is 5.41 Å². The summed E-state index contributed by atoms with van der Waals surface area (Å²) in [4.78, 5) is 11.9. The number of nitrogens with two attached hydrogens (primary N) is 1. The number of sulfonamides is 1. The van der Waals surface area contributed by atoms with Crippen molar-refractivity contribution >= 4 is 32.8 Å². The van der Waals surface area contributed by atoms with Crippen LogP contribution < -0.4 is 15.4 Å². The van der Waals surface area contributed by atoms with Gasteiger partial charge in [-0.25, -0.2) is 12.9 Å². The van der Waals surface area contributed by atoms with Crippen LogP contribution in [-0.2, 0) is 10.0 Å². The molecule has 2 aromatic heterocycles. The number of hydrogen-bond acceptors (Lipinski definition) is 5. The van der Waals surface area contributed by atoms with Gasteiger partial charge in [0.05, 0.1) is 40.6 Å². The average Bonchev–Trinajstić information content (AvgIpc) is 2.97. The lowest BCUT2D eigenvalue weighted by atomic mass is 9.88. The predicted octanol–water partition coefficient (Wildman–Crippen LogP) is 2.21. The molecule has 1 saturated heterocycles. The van der Waals surface area contributed by atoms with Gasteiger partial charge in [-0.1, -0.05) is 20.8 Å². The number of carbonyl (C=O) groups excluding carboxylic acids is 1. The smallest absolute Gasteiger partial charge is 0.252 e. The number of carbonyl (C=O) groups is 1. The Morgan fingerprint density at radius 2 is 2.04 bits per heavy atom. The van der Waals surface area contributed by atoms with E-state index in [9.17, 15) is 13.2 Å². The second-order valence-corrected chi connectivity index (χ2v) is 10.2. The standard InChI is InChI=1S/C18H27N5O3S/c1-12(18(2,3)4)21-16-14(17(19)24)10-20-22-11-13(9-15(16)22)23-7-5-6-8-27(23,25)26/h9-12,21H,5-8H2,1-4H3,(H2,19,24). The van der Waals surface area contributed by atoms with Gasteiger partial charge in [-0.2, -0.15) is 5.10 Å². The van der Waals surface area contributed by atoms with Crippen molar-refractivity contribution in [3.05, 3.63) is 24.0 Å². The van der Waals surface area contributed by atoms with E-state index in [0.717, 1.165) is 6.42 Å². The summed E-state index contributed by atoms with van der Waals surface area (Å²) >= 11 is 0. The SMILES string of the molecule is CC(Nc1c(C(N)=O)cnn2cc(N3CCCCS3(=O)=O)cc12)C(C)(C)C. The second kappa shape index (κ2) is 6.70. The lowest BCUT2D eigenvalue weighted by Gasteiger charge is -2.29. The lowest BCUT2D eigenvalue weighted by Crippen LogP contribution is -2.37. The van der Waals surface area contributed by atoms with Crippen LogP contribution in [0.15, 0.2) is 18.5 Å². The molecule has 9 heteroatoms. The number of fused-ring (bicyclic) bond motifs is 1. The molecule has 1 fully saturated rings. The molecule has 3 N–H and O–H groups in total. The van der Waals surface area contributed by atoms with Crippen molar-refractivity contribution in [1.82, 2.24) is 9.61 Å². The lowest BCUT2D eigenvalue weighted by molar-refractivity contribution is 0.100. The first-order chi connectivity index (χ1) is 12.5. The van der Waals surface area contributed by atoms with E-state index in [0.29, 0.717) is 29.9 Å². The van der Waals surface area contributed by atoms with Crippen molar-refractivity contribution in [3.63, 3.8) is 0 Å². The Bertz CT molecular complexity index is 975. The first kappa shape index (κ1) is 19.5. The highest BCUT2D eigenvalue weighted by molar-refractivity contribution is 7.92. The van der Waals surface area contributed by atoms with Crippen LogP contribution in [0.3, 0.4) is 0 Å². The van der Waals surface area contributed by atoms with Gasteiger partial charge in [-0.3, -0.25) is 9.10 Å². The van der Waals surface area contributed by atoms with Crippen LogP contribution in [0.2, 0.25) is 0 Å². The number of rotatable bonds is 4. The Morgan fingerprint density at radius 1 is 1.33 bits per heavy atom. The van der Waals surface area contributed by atoms with Gasteiger partial charge in [-0.15, -0.1) is 0 Å². The van der Waals surface area contributed by atoms with Crippen LogP contribution in [0.5, 0.6) is 0 Å². The molecule has 2 aromatic rings. The van der Waals surface area contributed by atoms with Gasteiger partial charge < -0.3 is 11.1 Å². The van der Waals surface area contributed by atoms with Gasteiger partial charge in [-0.05, 0) is 31.2 Å². The van der Waals surface area contributed by atoms with Crippen LogP contribution in [0.25, 0.3) is 5.52 Å². The number of hydrogen-bond donors (Lipinski definition) is 2. The number of primary amides is 1. The fraction of sp³-hybridized carbons (Fsp3) is 0.556. The summed E-state index contributed by atoms with van der Waals surface area (Å²) in [6.07, 6.45) is 4.58. The summed E-state index contributed by atoms with van der Waals surface area (Å²) in [5.74, 6) is -0.437. The molecule has 3 rings (SSSR count). The van der Waals surface area contributed by atoms with Crippen molar-refractivity contribution in [2.45, 2.75) is 46.6 Å². The van der Waals surface area contributed by atoms with E-state index in [1.54, 1.807) is 16.8 Å². The third-order valence-corrected chi connectivity index (χ3v) is 7.05. The van der Waals surface area contributed by atoms with Crippen LogP contribution >= 0.6 is 0 Å². The Labute approximate surface area is 159 Å². The zero-order valence-electron chi connectivity index (χ0n) is 16.2. The van der Waals surface area contributed by atoms with E-state index in [-0.39, 0.29) is 22.8 Å². The number of nitrogens with zero attached hydrogens (tertiary/aromatic N) is 3. The third-order valence-electron chi connectivity index (χ3n) is 5.19. The largest absolute Gasteiger partial charge is 0.380 e. The maximum Gasteiger partial charge on any atom is 0.252 e. The zero-order valence-corrected chi connectivity index (χ0v) is 17.0. The Morgan fingerprint density at radius 3 is 2.63 bits per heavy atom. The first-order valence-corrected chi connectivity index (χ1v) is 10.7. The minimum absolute atomic E-state index is 0.0406. The third kappa shape index (κ3) is 3.73. The number of anilines is 2. The molecule has 0 bridgehead atoms. The molecule has 0 spiro atoms. The number of amides is 1. The second-order valence-electron chi connectivity index (χ2n) is 8.15. The maximum absolute atomic E-state index is 12.4. The molecule has 0 aromatic carbocycles. The molecule has 1 aliphatic heterocycles. The highest BCUT2D eigenvalue weighted by Crippen LogP contribution is 2.32. The van der Waals surface area contributed by atoms with Crippen molar-refractivity contribution in [2.24, 2.45) is 11.1 Å². The maximum atomic E-state index is 12.4. The quantitative estimate of drug-likeness (QED) is 0.827. The minimum Gasteiger partial charge on any atom is -0.380 e. The Balaban J connectivity index is 2.13. The van der Waals surface area contributed by atoms with Crippen molar-refractivity contribution in [2.75, 3.05) is 21.9 Å². The fourth-order valence-electron chi connectivity index (χ4n) is 3.03. The molecule has 8 nitrogen and oxygen atoms in total. The Hall–Kier alpha value is -2.29. The minimum atomic E-state index is -3.33. The summed E-state index contributed by atoms with van der Waals surface area (Å²) in [6, 6.07) is 1.79. The van der Waals surface area contributed by atoms with Crippen LogP contribution in [0.4, 0.5) is 11.4 Å². The van der Waals surface area contributed by atoms with Gasteiger partial charge in [0, 0.05) is 12.6 Å². The molecule has 1 atom stereocenters. The summed E-state index contributed by atoms with van der Waals surface area (Å²) in [6.45, 7) is 8.76. The summed E-state index contributed by atoms with van der Waals surface area (Å²) < 4.78 is 27.9. The van der Waals surface area contributed by atoms with Gasteiger partial charge in [0.15, 0.2) is 0 Å². The van der Waals surface area contributed by atoms with E-state index in [1.165, 1.54) is 10.5 Å². The summed E-state index contributed by atoms with van der Waals surface area (Å²) in [7, 11) is -3.33. The van der Waals surface area contributed by atoms with Gasteiger partial charge in [0.1, 0.15) is 0 Å². The molecule has 27 heavy (non-hydrogen) atoms. The van der Waals surface area contributed by atoms with E-state index >= 15 is 0 Å². The van der Waals surface area contributed by atoms with Crippen molar-refractivity contribution in [1.29, 1.82) is 0 Å². The highest BCUT2D eigenvalue weighted by Gasteiger charge is 2.28. The molecular formula is C18H27N5O3S. The van der Waals surface area contributed by atoms with E-state index < -0.39 is 15.9 Å². The van der Waals surface area contributed by atoms with E-state index in [1.807, 2.05) is 6.92 Å². The molecule has 3 heterocycles. The molecule has 1 unspecified atom stereocenters. The van der Waals surface area contributed by atoms with Gasteiger partial charge in [0.2, 0.25) is 10.0 Å². The normalized spacial score (nSPS) is 18.4. The summed E-state index contributed by atoms with van der Waals surface area (Å²) in [5, 5.41) is 7.63. The van der Waals surface area contributed by atoms with Crippen molar-refractivity contribution < 1.29 is 13.2 Å². The molecule has 0 aliphatic carbocycles. The van der Waals surface area contributed by atoms with Crippen LogP contribution in [-0.4, -0.2) is 42.3 Å². The van der Waals surface area contributed by atoms with Gasteiger partial charge in [0.25, 0.3) is 5.91 Å². The average molecular weight is 394 g/mol. The number of aromatic nitrogens is 2. The molecule has 1 amide bonds. The predicted molar refractivity (Wildman–Crippen MR) is 107 cm³/mol. The first-order valence-electron chi connectivity index (χ1n) is 9.09. The zero-order chi connectivity index (χ0) is 20.0. The molecule has 1 aliphatic rings. The topological polar surface area (TPSA) is 110 Å². The van der Waals surface area contributed by atoms with Gasteiger partial charge >= 0.3 is 0 Å². The summed E-state index contributed by atoms with van der Waals surface area (Å²) in [5.41, 5.74) is 7.52. The molecule has 0 radical (unpaired) electrons. The molecular weight excluding hydrogens is 366 g/mol. The van der Waals surface area contributed by atoms with E-state index in [4.69, 9.17) is 5.73 Å².